The SMILES string of the molecule is Cc1c(Cc2ccc(F)c(C(=O)N3CCc4[nH]nc(C(F)(F)F)c4C3)c2)n[nH]c(=O)c1C. The quantitative estimate of drug-likeness (QED) is 0.601. The number of hydrogen-bond acceptors (Lipinski definition) is 4. The Labute approximate surface area is 179 Å². The van der Waals surface area contributed by atoms with Crippen molar-refractivity contribution in [2.24, 2.45) is 0 Å². The summed E-state index contributed by atoms with van der Waals surface area (Å²) < 4.78 is 54.1. The summed E-state index contributed by atoms with van der Waals surface area (Å²) in [5.41, 5.74) is 0.978. The summed E-state index contributed by atoms with van der Waals surface area (Å²) in [7, 11) is 0. The third-order valence-electron chi connectivity index (χ3n) is 5.75. The summed E-state index contributed by atoms with van der Waals surface area (Å²) in [6.45, 7) is 3.23. The van der Waals surface area contributed by atoms with Crippen molar-refractivity contribution in [3.63, 3.8) is 0 Å². The number of aromatic nitrogens is 4. The second-order valence-corrected chi connectivity index (χ2v) is 7.74. The molecule has 3 heterocycles. The molecule has 7 nitrogen and oxygen atoms in total. The van der Waals surface area contributed by atoms with Crippen molar-refractivity contribution < 1.29 is 22.4 Å². The van der Waals surface area contributed by atoms with Crippen LogP contribution in [0.4, 0.5) is 17.6 Å². The maximum Gasteiger partial charge on any atom is 0.435 e. The standard InChI is InChI=1S/C21H19F4N5O2/c1-10-11(2)19(31)29-27-17(10)8-12-3-4-15(22)13(7-12)20(32)30-6-5-16-14(9-30)18(28-26-16)21(23,24)25/h3-4,7H,5-6,8-9H2,1-2H3,(H,26,28)(H,29,31). The maximum absolute atomic E-state index is 14.5. The summed E-state index contributed by atoms with van der Waals surface area (Å²) in [5, 5.41) is 12.1. The Balaban J connectivity index is 1.61. The maximum atomic E-state index is 14.5. The molecular weight excluding hydrogens is 430 g/mol. The Morgan fingerprint density at radius 3 is 2.62 bits per heavy atom. The Morgan fingerprint density at radius 2 is 1.91 bits per heavy atom. The van der Waals surface area contributed by atoms with Crippen molar-refractivity contribution in [2.45, 2.75) is 39.4 Å². The van der Waals surface area contributed by atoms with E-state index < -0.39 is 23.6 Å². The molecule has 168 valence electrons. The number of fused-ring (bicyclic) bond motifs is 1. The number of halogens is 4. The highest BCUT2D eigenvalue weighted by Gasteiger charge is 2.40. The number of H-pyrrole nitrogens is 2. The average molecular weight is 449 g/mol. The zero-order valence-electron chi connectivity index (χ0n) is 17.2. The summed E-state index contributed by atoms with van der Waals surface area (Å²) in [4.78, 5) is 25.8. The predicted octanol–water partition coefficient (Wildman–Crippen LogP) is 3.06. The molecule has 1 amide bonds. The molecule has 4 rings (SSSR count). The van der Waals surface area contributed by atoms with Crippen molar-refractivity contribution in [1.82, 2.24) is 25.3 Å². The first-order valence-electron chi connectivity index (χ1n) is 9.82. The van der Waals surface area contributed by atoms with Crippen LogP contribution < -0.4 is 5.56 Å². The van der Waals surface area contributed by atoms with Crippen LogP contribution >= 0.6 is 0 Å². The number of aromatic amines is 2. The highest BCUT2D eigenvalue weighted by molar-refractivity contribution is 5.94. The van der Waals surface area contributed by atoms with Crippen LogP contribution in [0, 0.1) is 19.7 Å². The Hall–Kier alpha value is -3.50. The molecule has 2 aromatic heterocycles. The second kappa shape index (κ2) is 7.88. The number of nitrogens with one attached hydrogen (secondary N) is 2. The fourth-order valence-corrected chi connectivity index (χ4v) is 3.76. The lowest BCUT2D eigenvalue weighted by molar-refractivity contribution is -0.142. The molecule has 1 aliphatic rings. The molecule has 1 aliphatic heterocycles. The molecule has 32 heavy (non-hydrogen) atoms. The average Bonchev–Trinajstić information content (AvgIpc) is 3.18. The zero-order valence-corrected chi connectivity index (χ0v) is 17.2. The smallest absolute Gasteiger partial charge is 0.334 e. The van der Waals surface area contributed by atoms with Gasteiger partial charge in [0.1, 0.15) is 5.82 Å². The third kappa shape index (κ3) is 3.90. The van der Waals surface area contributed by atoms with Crippen LogP contribution in [0.5, 0.6) is 0 Å². The molecule has 0 spiro atoms. The summed E-state index contributed by atoms with van der Waals surface area (Å²) in [6.07, 6.45) is -4.25. The fraction of sp³-hybridized carbons (Fsp3) is 0.333. The van der Waals surface area contributed by atoms with Crippen LogP contribution in [-0.4, -0.2) is 37.7 Å². The van der Waals surface area contributed by atoms with E-state index >= 15 is 0 Å². The van der Waals surface area contributed by atoms with Crippen molar-refractivity contribution in [3.8, 4) is 0 Å². The minimum absolute atomic E-state index is 0.0998. The number of hydrogen-bond donors (Lipinski definition) is 2. The molecule has 0 saturated heterocycles. The van der Waals surface area contributed by atoms with E-state index in [1.807, 2.05) is 0 Å². The van der Waals surface area contributed by atoms with Crippen LogP contribution in [0.25, 0.3) is 0 Å². The number of benzene rings is 1. The van der Waals surface area contributed by atoms with Crippen molar-refractivity contribution >= 4 is 5.91 Å². The minimum atomic E-state index is -4.65. The highest BCUT2D eigenvalue weighted by Crippen LogP contribution is 2.34. The van der Waals surface area contributed by atoms with Crippen molar-refractivity contribution in [2.75, 3.05) is 6.54 Å². The van der Waals surface area contributed by atoms with Crippen LogP contribution in [-0.2, 0) is 25.6 Å². The van der Waals surface area contributed by atoms with Crippen LogP contribution in [0.1, 0.15) is 49.7 Å². The van der Waals surface area contributed by atoms with Crippen molar-refractivity contribution in [1.29, 1.82) is 0 Å². The molecule has 2 N–H and O–H groups in total. The molecule has 0 atom stereocenters. The normalized spacial score (nSPS) is 13.9. The van der Waals surface area contributed by atoms with Gasteiger partial charge in [0.2, 0.25) is 0 Å². The lowest BCUT2D eigenvalue weighted by atomic mass is 10.00. The Morgan fingerprint density at radius 1 is 1.16 bits per heavy atom. The number of alkyl halides is 3. The van der Waals surface area contributed by atoms with Gasteiger partial charge >= 0.3 is 6.18 Å². The summed E-state index contributed by atoms with van der Waals surface area (Å²) >= 11 is 0. The topological polar surface area (TPSA) is 94.7 Å². The number of rotatable bonds is 3. The van der Waals surface area contributed by atoms with E-state index in [1.165, 1.54) is 17.0 Å². The summed E-state index contributed by atoms with van der Waals surface area (Å²) in [6, 6.07) is 4.01. The third-order valence-corrected chi connectivity index (χ3v) is 5.75. The van der Waals surface area contributed by atoms with Gasteiger partial charge in [0.05, 0.1) is 11.3 Å². The van der Waals surface area contributed by atoms with E-state index in [9.17, 15) is 27.2 Å². The molecule has 0 radical (unpaired) electrons. The molecule has 1 aromatic carbocycles. The lowest BCUT2D eigenvalue weighted by Gasteiger charge is -2.27. The Bertz CT molecular complexity index is 1260. The number of carbonyl (C=O) groups is 1. The van der Waals surface area contributed by atoms with E-state index in [4.69, 9.17) is 0 Å². The number of nitrogens with zero attached hydrogens (tertiary/aromatic N) is 3. The first-order chi connectivity index (χ1) is 15.1. The molecular formula is C21H19F4N5O2. The monoisotopic (exact) mass is 449 g/mol. The molecule has 0 unspecified atom stereocenters. The first-order valence-corrected chi connectivity index (χ1v) is 9.82. The van der Waals surface area contributed by atoms with Gasteiger partial charge in [-0.05, 0) is 37.1 Å². The lowest BCUT2D eigenvalue weighted by Crippen LogP contribution is -2.37. The van der Waals surface area contributed by atoms with Gasteiger partial charge in [-0.2, -0.15) is 23.4 Å². The predicted molar refractivity (Wildman–Crippen MR) is 106 cm³/mol. The molecule has 0 aliphatic carbocycles. The zero-order chi connectivity index (χ0) is 23.2. The Kier molecular flexibility index (Phi) is 5.35. The highest BCUT2D eigenvalue weighted by atomic mass is 19.4. The van der Waals surface area contributed by atoms with E-state index in [2.05, 4.69) is 20.4 Å². The minimum Gasteiger partial charge on any atom is -0.334 e. The van der Waals surface area contributed by atoms with Crippen LogP contribution in [0.3, 0.4) is 0 Å². The largest absolute Gasteiger partial charge is 0.435 e. The number of carbonyl (C=O) groups excluding carboxylic acids is 1. The summed E-state index contributed by atoms with van der Waals surface area (Å²) in [5.74, 6) is -1.47. The second-order valence-electron chi connectivity index (χ2n) is 7.74. The molecule has 3 aromatic rings. The van der Waals surface area contributed by atoms with Crippen LogP contribution in [0.2, 0.25) is 0 Å². The molecule has 0 saturated carbocycles. The number of amides is 1. The van der Waals surface area contributed by atoms with Gasteiger partial charge in [0, 0.05) is 42.8 Å². The van der Waals surface area contributed by atoms with Crippen LogP contribution in [0.15, 0.2) is 23.0 Å². The van der Waals surface area contributed by atoms with Gasteiger partial charge in [-0.25, -0.2) is 9.49 Å². The molecule has 0 bridgehead atoms. The van der Waals surface area contributed by atoms with Gasteiger partial charge in [0.25, 0.3) is 11.5 Å². The first kappa shape index (κ1) is 21.7. The van der Waals surface area contributed by atoms with E-state index in [0.717, 1.165) is 6.07 Å². The molecule has 0 fully saturated rings. The van der Waals surface area contributed by atoms with Gasteiger partial charge < -0.3 is 4.90 Å². The van der Waals surface area contributed by atoms with Crippen molar-refractivity contribution in [3.05, 3.63) is 79.3 Å². The fourth-order valence-electron chi connectivity index (χ4n) is 3.76. The van der Waals surface area contributed by atoms with E-state index in [1.54, 1.807) is 13.8 Å². The van der Waals surface area contributed by atoms with Gasteiger partial charge in [-0.1, -0.05) is 6.07 Å². The van der Waals surface area contributed by atoms with Gasteiger partial charge in [-0.3, -0.25) is 14.7 Å². The van der Waals surface area contributed by atoms with Gasteiger partial charge in [-0.15, -0.1) is 0 Å². The van der Waals surface area contributed by atoms with E-state index in [-0.39, 0.29) is 42.6 Å². The van der Waals surface area contributed by atoms with E-state index in [0.29, 0.717) is 28.1 Å². The molecule has 11 heteroatoms. The van der Waals surface area contributed by atoms with Gasteiger partial charge in [0.15, 0.2) is 5.69 Å².